The van der Waals surface area contributed by atoms with E-state index in [4.69, 9.17) is 9.05 Å². The molecule has 0 aliphatic rings. The lowest BCUT2D eigenvalue weighted by atomic mass is 10.0. The van der Waals surface area contributed by atoms with Crippen molar-refractivity contribution in [2.75, 3.05) is 40.9 Å². The number of nitrogens with one attached hydrogen (secondary N) is 1. The number of carbonyl (C=O) groups excluding carboxylic acids is 1. The molecule has 0 saturated heterocycles. The fourth-order valence-electron chi connectivity index (χ4n) is 8.07. The standard InChI is InChI=1S/C65H113N2O6P/c1-6-8-10-12-14-16-18-19-20-21-22-23-24-25-26-27-28-29-30-31-32-33-34-35-36-37-38-39-40-41-42-43-44-45-46-47-49-51-53-55-57-59-65(69)66-63(62-73-74(70,71)72-61-60-67(3,4)5)64(68)58-56-54-52-50-48-17-15-13-11-9-7-2/h8,10,14,16,19-20,22-23,25-26,28-29,31-32,34-35,37-38,40-41,63-64,68H,6-7,9,11-13,15,17-18,21,24,27,30,33,36,39,42-62H2,1-5H3,(H-,66,69,70,71)/b10-8-,16-14-,20-19-,23-22-,26-25-,29-28-,32-31-,35-34-,38-37-,41-40-. The summed E-state index contributed by atoms with van der Waals surface area (Å²) in [4.78, 5) is 25.5. The number of phosphoric acid groups is 1. The number of unbranched alkanes of at least 4 members (excludes halogenated alkanes) is 20. The van der Waals surface area contributed by atoms with Crippen LogP contribution in [0.5, 0.6) is 0 Å². The molecule has 0 aromatic carbocycles. The van der Waals surface area contributed by atoms with Gasteiger partial charge in [0.1, 0.15) is 13.2 Å². The third-order valence-corrected chi connectivity index (χ3v) is 13.7. The van der Waals surface area contributed by atoms with Gasteiger partial charge in [-0.05, 0) is 89.9 Å². The van der Waals surface area contributed by atoms with Gasteiger partial charge >= 0.3 is 0 Å². The molecule has 0 heterocycles. The average Bonchev–Trinajstić information content (AvgIpc) is 3.36. The zero-order valence-electron chi connectivity index (χ0n) is 48.2. The monoisotopic (exact) mass is 1050 g/mol. The molecule has 0 bridgehead atoms. The van der Waals surface area contributed by atoms with Gasteiger partial charge in [-0.2, -0.15) is 0 Å². The van der Waals surface area contributed by atoms with Crippen molar-refractivity contribution in [3.8, 4) is 0 Å². The lowest BCUT2D eigenvalue weighted by Crippen LogP contribution is -2.46. The molecule has 0 fully saturated rings. The van der Waals surface area contributed by atoms with Crippen LogP contribution in [0.4, 0.5) is 0 Å². The Morgan fingerprint density at radius 2 is 0.824 bits per heavy atom. The topological polar surface area (TPSA) is 108 Å². The molecule has 424 valence electrons. The predicted molar refractivity (Wildman–Crippen MR) is 320 cm³/mol. The van der Waals surface area contributed by atoms with Gasteiger partial charge in [0.05, 0.1) is 39.9 Å². The third kappa shape index (κ3) is 56.6. The number of amides is 1. The molecule has 0 radical (unpaired) electrons. The van der Waals surface area contributed by atoms with Crippen LogP contribution in [0.1, 0.15) is 232 Å². The molecule has 0 aliphatic heterocycles. The van der Waals surface area contributed by atoms with Gasteiger partial charge < -0.3 is 28.8 Å². The maximum absolute atomic E-state index is 12.9. The van der Waals surface area contributed by atoms with Crippen molar-refractivity contribution in [2.45, 2.75) is 244 Å². The number of hydrogen-bond acceptors (Lipinski definition) is 6. The largest absolute Gasteiger partial charge is 0.756 e. The number of hydrogen-bond donors (Lipinski definition) is 2. The highest BCUT2D eigenvalue weighted by molar-refractivity contribution is 7.45. The Morgan fingerprint density at radius 1 is 0.486 bits per heavy atom. The van der Waals surface area contributed by atoms with E-state index in [1.165, 1.54) is 96.3 Å². The Hall–Kier alpha value is -3.10. The van der Waals surface area contributed by atoms with Gasteiger partial charge in [-0.1, -0.05) is 257 Å². The van der Waals surface area contributed by atoms with E-state index in [2.05, 4.69) is 141 Å². The van der Waals surface area contributed by atoms with Gasteiger partial charge in [0, 0.05) is 6.42 Å². The van der Waals surface area contributed by atoms with Crippen LogP contribution in [-0.2, 0) is 18.4 Å². The summed E-state index contributed by atoms with van der Waals surface area (Å²) < 4.78 is 23.3. The smallest absolute Gasteiger partial charge is 0.268 e. The summed E-state index contributed by atoms with van der Waals surface area (Å²) in [7, 11) is 1.29. The average molecular weight is 1050 g/mol. The Morgan fingerprint density at radius 3 is 1.20 bits per heavy atom. The summed E-state index contributed by atoms with van der Waals surface area (Å²) in [6, 6.07) is -0.809. The van der Waals surface area contributed by atoms with E-state index in [1.807, 2.05) is 21.1 Å². The SMILES string of the molecule is CC/C=C\C/C=C\C/C=C\C/C=C\C/C=C\C/C=C\C/C=C\C/C=C\C/C=C\C/C=C\CCCCCCCCCCCCC(=O)NC(COP(=O)([O-])OCC[N+](C)(C)C)C(O)CCCCCCCCCCCCC. The molecule has 1 amide bonds. The maximum atomic E-state index is 12.9. The first-order valence-electron chi connectivity index (χ1n) is 29.9. The van der Waals surface area contributed by atoms with Crippen LogP contribution >= 0.6 is 7.82 Å². The summed E-state index contributed by atoms with van der Waals surface area (Å²) in [5, 5.41) is 13.9. The Balaban J connectivity index is 4.02. The van der Waals surface area contributed by atoms with Gasteiger partial charge in [-0.15, -0.1) is 0 Å². The summed E-state index contributed by atoms with van der Waals surface area (Å²) in [5.41, 5.74) is 0. The van der Waals surface area contributed by atoms with Crippen LogP contribution in [0.3, 0.4) is 0 Å². The van der Waals surface area contributed by atoms with E-state index >= 15 is 0 Å². The summed E-state index contributed by atoms with van der Waals surface area (Å²) in [6.07, 6.45) is 81.0. The number of allylic oxidation sites excluding steroid dienone is 20. The molecule has 3 atom stereocenters. The van der Waals surface area contributed by atoms with Crippen molar-refractivity contribution in [1.29, 1.82) is 0 Å². The molecule has 0 aliphatic carbocycles. The van der Waals surface area contributed by atoms with Crippen LogP contribution in [0.15, 0.2) is 122 Å². The molecule has 3 unspecified atom stereocenters. The Bertz CT molecular complexity index is 1620. The summed E-state index contributed by atoms with van der Waals surface area (Å²) in [6.45, 7) is 4.58. The lowest BCUT2D eigenvalue weighted by molar-refractivity contribution is -0.870. The second-order valence-electron chi connectivity index (χ2n) is 21.0. The molecule has 74 heavy (non-hydrogen) atoms. The number of aliphatic hydroxyl groups excluding tert-OH is 1. The highest BCUT2D eigenvalue weighted by Crippen LogP contribution is 2.38. The van der Waals surface area contributed by atoms with E-state index in [9.17, 15) is 19.4 Å². The van der Waals surface area contributed by atoms with Crippen molar-refractivity contribution in [3.05, 3.63) is 122 Å². The quantitative estimate of drug-likeness (QED) is 0.0272. The van der Waals surface area contributed by atoms with E-state index < -0.39 is 20.0 Å². The second-order valence-corrected chi connectivity index (χ2v) is 22.4. The van der Waals surface area contributed by atoms with Crippen molar-refractivity contribution in [1.82, 2.24) is 5.32 Å². The van der Waals surface area contributed by atoms with Crippen molar-refractivity contribution in [2.24, 2.45) is 0 Å². The fraction of sp³-hybridized carbons (Fsp3) is 0.677. The minimum absolute atomic E-state index is 0.00629. The zero-order valence-corrected chi connectivity index (χ0v) is 49.1. The van der Waals surface area contributed by atoms with Crippen LogP contribution in [0.2, 0.25) is 0 Å². The van der Waals surface area contributed by atoms with E-state index in [-0.39, 0.29) is 19.1 Å². The molecular weight excluding hydrogens is 936 g/mol. The van der Waals surface area contributed by atoms with Crippen LogP contribution in [0, 0.1) is 0 Å². The van der Waals surface area contributed by atoms with Crippen molar-refractivity contribution in [3.63, 3.8) is 0 Å². The Labute approximate surface area is 456 Å². The molecule has 0 aromatic rings. The maximum Gasteiger partial charge on any atom is 0.268 e. The van der Waals surface area contributed by atoms with E-state index in [0.29, 0.717) is 23.9 Å². The first-order chi connectivity index (χ1) is 36.0. The molecule has 0 saturated carbocycles. The zero-order chi connectivity index (χ0) is 54.2. The van der Waals surface area contributed by atoms with Gasteiger partial charge in [0.2, 0.25) is 5.91 Å². The van der Waals surface area contributed by atoms with Crippen molar-refractivity contribution >= 4 is 13.7 Å². The number of quaternary nitrogens is 1. The first kappa shape index (κ1) is 70.9. The molecule has 8 nitrogen and oxygen atoms in total. The second kappa shape index (κ2) is 54.7. The number of carbonyl (C=O) groups is 1. The van der Waals surface area contributed by atoms with Crippen LogP contribution in [0.25, 0.3) is 0 Å². The van der Waals surface area contributed by atoms with Crippen LogP contribution < -0.4 is 10.2 Å². The molecule has 0 aromatic heterocycles. The number of rotatable bonds is 53. The van der Waals surface area contributed by atoms with E-state index in [0.717, 1.165) is 109 Å². The molecule has 2 N–H and O–H groups in total. The van der Waals surface area contributed by atoms with Crippen molar-refractivity contribution < 1.29 is 32.9 Å². The Kier molecular flexibility index (Phi) is 52.4. The van der Waals surface area contributed by atoms with E-state index in [1.54, 1.807) is 0 Å². The summed E-state index contributed by atoms with van der Waals surface area (Å²) >= 11 is 0. The van der Waals surface area contributed by atoms with Crippen LogP contribution in [-0.4, -0.2) is 68.5 Å². The number of aliphatic hydroxyl groups is 1. The molecule has 0 rings (SSSR count). The summed E-state index contributed by atoms with van der Waals surface area (Å²) in [5.74, 6) is -0.175. The van der Waals surface area contributed by atoms with Gasteiger partial charge in [-0.25, -0.2) is 0 Å². The fourth-order valence-corrected chi connectivity index (χ4v) is 8.79. The highest BCUT2D eigenvalue weighted by atomic mass is 31.2. The van der Waals surface area contributed by atoms with Gasteiger partial charge in [0.15, 0.2) is 0 Å². The van der Waals surface area contributed by atoms with Gasteiger partial charge in [0.25, 0.3) is 7.82 Å². The minimum atomic E-state index is -4.57. The highest BCUT2D eigenvalue weighted by Gasteiger charge is 2.24. The minimum Gasteiger partial charge on any atom is -0.756 e. The molecular formula is C65H113N2O6P. The number of nitrogens with zero attached hydrogens (tertiary/aromatic N) is 1. The normalized spacial score (nSPS) is 14.7. The number of likely N-dealkylation sites (N-methyl/N-ethyl adjacent to an activating group) is 1. The molecule has 0 spiro atoms. The van der Waals surface area contributed by atoms with Gasteiger partial charge in [-0.3, -0.25) is 9.36 Å². The predicted octanol–water partition coefficient (Wildman–Crippen LogP) is 17.9. The molecule has 9 heteroatoms. The third-order valence-electron chi connectivity index (χ3n) is 12.7. The lowest BCUT2D eigenvalue weighted by Gasteiger charge is -2.30. The number of phosphoric ester groups is 1. The first-order valence-corrected chi connectivity index (χ1v) is 31.3.